The van der Waals surface area contributed by atoms with Gasteiger partial charge in [0.1, 0.15) is 23.0 Å². The zero-order chi connectivity index (χ0) is 20.7. The summed E-state index contributed by atoms with van der Waals surface area (Å²) in [6.45, 7) is 6.90. The lowest BCUT2D eigenvalue weighted by Crippen LogP contribution is -2.49. The second-order valence-electron chi connectivity index (χ2n) is 7.75. The summed E-state index contributed by atoms with van der Waals surface area (Å²) in [6, 6.07) is 14.8. The molecule has 0 unspecified atom stereocenters. The molecule has 0 aliphatic carbocycles. The van der Waals surface area contributed by atoms with E-state index in [-0.39, 0.29) is 5.82 Å². The number of imidazole rings is 1. The molecule has 5 rings (SSSR count). The molecule has 0 bridgehead atoms. The average Bonchev–Trinajstić information content (AvgIpc) is 3.13. The highest BCUT2D eigenvalue weighted by Crippen LogP contribution is 2.29. The summed E-state index contributed by atoms with van der Waals surface area (Å²) in [5.41, 5.74) is 4.26. The van der Waals surface area contributed by atoms with Gasteiger partial charge in [0.2, 0.25) is 0 Å². The molecule has 4 heterocycles. The third kappa shape index (κ3) is 3.41. The molecule has 0 radical (unpaired) electrons. The molecule has 1 aliphatic heterocycles. The minimum absolute atomic E-state index is 0.269. The van der Waals surface area contributed by atoms with Crippen molar-refractivity contribution in [3.63, 3.8) is 0 Å². The molecule has 1 aromatic carbocycles. The zero-order valence-corrected chi connectivity index (χ0v) is 17.0. The summed E-state index contributed by atoms with van der Waals surface area (Å²) in [7, 11) is 0. The van der Waals surface area contributed by atoms with Gasteiger partial charge in [-0.05, 0) is 62.4 Å². The van der Waals surface area contributed by atoms with E-state index in [1.165, 1.54) is 12.1 Å². The molecule has 152 valence electrons. The van der Waals surface area contributed by atoms with Crippen molar-refractivity contribution in [1.29, 1.82) is 0 Å². The van der Waals surface area contributed by atoms with E-state index in [1.54, 1.807) is 18.3 Å². The number of fused-ring (bicyclic) bond motifs is 1. The fourth-order valence-corrected chi connectivity index (χ4v) is 3.97. The number of rotatable bonds is 3. The zero-order valence-electron chi connectivity index (χ0n) is 17.0. The molecule has 1 atom stereocenters. The Balaban J connectivity index is 1.71. The van der Waals surface area contributed by atoms with Gasteiger partial charge in [0.05, 0.1) is 5.69 Å². The van der Waals surface area contributed by atoms with Crippen LogP contribution in [0.25, 0.3) is 28.2 Å². The number of hydrogen-bond acceptors (Lipinski definition) is 5. The first-order valence-corrected chi connectivity index (χ1v) is 10.2. The van der Waals surface area contributed by atoms with Crippen molar-refractivity contribution in [2.45, 2.75) is 19.9 Å². The standard InChI is InChI=1S/C23H23FN6/c1-15-13-19(9-10-25-15)30-22(17-3-5-18(24)6-4-17)27-20-7-8-21(28-23(20)30)29-12-11-26-16(2)14-29/h3-10,13,16,26H,11-12,14H2,1-2H3/t16-/m1/s1. The average molecular weight is 402 g/mol. The van der Waals surface area contributed by atoms with Gasteiger partial charge in [0.15, 0.2) is 5.65 Å². The third-order valence-electron chi connectivity index (χ3n) is 5.42. The summed E-state index contributed by atoms with van der Waals surface area (Å²) in [5, 5.41) is 3.47. The number of piperazine rings is 1. The summed E-state index contributed by atoms with van der Waals surface area (Å²) in [5.74, 6) is 1.40. The monoisotopic (exact) mass is 402 g/mol. The minimum atomic E-state index is -0.269. The largest absolute Gasteiger partial charge is 0.354 e. The Labute approximate surface area is 174 Å². The minimum Gasteiger partial charge on any atom is -0.354 e. The molecular weight excluding hydrogens is 379 g/mol. The number of halogens is 1. The first-order chi connectivity index (χ1) is 14.6. The highest BCUT2D eigenvalue weighted by molar-refractivity contribution is 5.81. The summed E-state index contributed by atoms with van der Waals surface area (Å²) in [6.07, 6.45) is 1.78. The van der Waals surface area contributed by atoms with Crippen LogP contribution < -0.4 is 10.2 Å². The second-order valence-corrected chi connectivity index (χ2v) is 7.75. The van der Waals surface area contributed by atoms with Gasteiger partial charge in [-0.25, -0.2) is 14.4 Å². The molecule has 30 heavy (non-hydrogen) atoms. The van der Waals surface area contributed by atoms with Gasteiger partial charge >= 0.3 is 0 Å². The van der Waals surface area contributed by atoms with E-state index in [4.69, 9.17) is 9.97 Å². The Morgan fingerprint density at radius 1 is 1.07 bits per heavy atom. The van der Waals surface area contributed by atoms with Crippen LogP contribution in [0.15, 0.2) is 54.7 Å². The SMILES string of the molecule is Cc1cc(-n2c(-c3ccc(F)cc3)nc3ccc(N4CCN[C@H](C)C4)nc32)ccn1. The predicted molar refractivity (Wildman–Crippen MR) is 116 cm³/mol. The van der Waals surface area contributed by atoms with Crippen molar-refractivity contribution in [3.05, 3.63) is 66.2 Å². The molecule has 6 nitrogen and oxygen atoms in total. The number of nitrogens with zero attached hydrogens (tertiary/aromatic N) is 5. The molecule has 0 amide bonds. The number of pyridine rings is 2. The van der Waals surface area contributed by atoms with Gasteiger partial charge in [0.25, 0.3) is 0 Å². The molecule has 7 heteroatoms. The van der Waals surface area contributed by atoms with Gasteiger partial charge < -0.3 is 10.2 Å². The van der Waals surface area contributed by atoms with Crippen LogP contribution >= 0.6 is 0 Å². The van der Waals surface area contributed by atoms with Crippen LogP contribution in [0.5, 0.6) is 0 Å². The van der Waals surface area contributed by atoms with E-state index in [0.29, 0.717) is 6.04 Å². The van der Waals surface area contributed by atoms with Gasteiger partial charge in [-0.3, -0.25) is 9.55 Å². The van der Waals surface area contributed by atoms with Crippen molar-refractivity contribution in [3.8, 4) is 17.1 Å². The first kappa shape index (κ1) is 18.7. The van der Waals surface area contributed by atoms with E-state index in [0.717, 1.165) is 59.4 Å². The lowest BCUT2D eigenvalue weighted by Gasteiger charge is -2.32. The Hall–Kier alpha value is -3.32. The van der Waals surface area contributed by atoms with Crippen LogP contribution in [-0.2, 0) is 0 Å². The molecule has 3 aromatic heterocycles. The van der Waals surface area contributed by atoms with Crippen LogP contribution in [0, 0.1) is 12.7 Å². The lowest BCUT2D eigenvalue weighted by atomic mass is 10.2. The van der Waals surface area contributed by atoms with Gasteiger partial charge in [-0.1, -0.05) is 0 Å². The van der Waals surface area contributed by atoms with E-state index in [9.17, 15) is 4.39 Å². The molecule has 0 saturated carbocycles. The summed E-state index contributed by atoms with van der Waals surface area (Å²) in [4.78, 5) is 16.5. The number of aryl methyl sites for hydroxylation is 1. The summed E-state index contributed by atoms with van der Waals surface area (Å²) < 4.78 is 15.5. The third-order valence-corrected chi connectivity index (χ3v) is 5.42. The maximum atomic E-state index is 13.5. The normalized spacial score (nSPS) is 16.9. The Bertz CT molecular complexity index is 1200. The van der Waals surface area contributed by atoms with Crippen LogP contribution in [0.2, 0.25) is 0 Å². The quantitative estimate of drug-likeness (QED) is 0.566. The van der Waals surface area contributed by atoms with E-state index in [1.807, 2.05) is 35.8 Å². The van der Waals surface area contributed by atoms with Crippen molar-refractivity contribution in [2.75, 3.05) is 24.5 Å². The number of benzene rings is 1. The molecule has 0 spiro atoms. The smallest absolute Gasteiger partial charge is 0.167 e. The van der Waals surface area contributed by atoms with Crippen LogP contribution in [0.1, 0.15) is 12.6 Å². The Kier molecular flexibility index (Phi) is 4.67. The van der Waals surface area contributed by atoms with Crippen molar-refractivity contribution < 1.29 is 4.39 Å². The maximum Gasteiger partial charge on any atom is 0.167 e. The van der Waals surface area contributed by atoms with Gasteiger partial charge in [0, 0.05) is 43.1 Å². The van der Waals surface area contributed by atoms with Crippen molar-refractivity contribution >= 4 is 17.0 Å². The highest BCUT2D eigenvalue weighted by atomic mass is 19.1. The van der Waals surface area contributed by atoms with Crippen LogP contribution in [0.3, 0.4) is 0 Å². The number of nitrogens with one attached hydrogen (secondary N) is 1. The number of anilines is 1. The molecule has 1 aliphatic rings. The van der Waals surface area contributed by atoms with Crippen LogP contribution in [-0.4, -0.2) is 45.2 Å². The molecule has 4 aromatic rings. The molecule has 1 saturated heterocycles. The molecule has 1 fully saturated rings. The topological polar surface area (TPSA) is 58.9 Å². The second kappa shape index (κ2) is 7.50. The van der Waals surface area contributed by atoms with Crippen LogP contribution in [0.4, 0.5) is 10.2 Å². The maximum absolute atomic E-state index is 13.5. The Morgan fingerprint density at radius 3 is 2.67 bits per heavy atom. The predicted octanol–water partition coefficient (Wildman–Crippen LogP) is 3.73. The van der Waals surface area contributed by atoms with Gasteiger partial charge in [-0.15, -0.1) is 0 Å². The summed E-state index contributed by atoms with van der Waals surface area (Å²) >= 11 is 0. The number of aromatic nitrogens is 4. The van der Waals surface area contributed by atoms with Crippen molar-refractivity contribution in [1.82, 2.24) is 24.8 Å². The molecular formula is C23H23FN6. The number of hydrogen-bond donors (Lipinski definition) is 1. The first-order valence-electron chi connectivity index (χ1n) is 10.2. The molecule has 1 N–H and O–H groups in total. The van der Waals surface area contributed by atoms with Crippen molar-refractivity contribution in [2.24, 2.45) is 0 Å². The fraction of sp³-hybridized carbons (Fsp3) is 0.261. The van der Waals surface area contributed by atoms with Gasteiger partial charge in [-0.2, -0.15) is 0 Å². The lowest BCUT2D eigenvalue weighted by molar-refractivity contribution is 0.482. The fourth-order valence-electron chi connectivity index (χ4n) is 3.97. The van der Waals surface area contributed by atoms with E-state index in [2.05, 4.69) is 22.1 Å². The highest BCUT2D eigenvalue weighted by Gasteiger charge is 2.20. The van der Waals surface area contributed by atoms with E-state index < -0.39 is 0 Å². The van der Waals surface area contributed by atoms with E-state index >= 15 is 0 Å². The Morgan fingerprint density at radius 2 is 1.90 bits per heavy atom.